The number of benzene rings is 1. The minimum Gasteiger partial charge on any atom is -0.491 e. The van der Waals surface area contributed by atoms with Crippen LogP contribution in [-0.4, -0.2) is 61.6 Å². The Labute approximate surface area is 188 Å². The van der Waals surface area contributed by atoms with Gasteiger partial charge in [0.05, 0.1) is 6.04 Å². The highest BCUT2D eigenvalue weighted by molar-refractivity contribution is 7.10. The van der Waals surface area contributed by atoms with E-state index < -0.39 is 0 Å². The number of amides is 2. The average Bonchev–Trinajstić information content (AvgIpc) is 3.22. The summed E-state index contributed by atoms with van der Waals surface area (Å²) in [6.45, 7) is 8.98. The molecule has 1 unspecified atom stereocenters. The Balaban J connectivity index is 1.78. The van der Waals surface area contributed by atoms with Crippen LogP contribution in [0.15, 0.2) is 42.3 Å². The lowest BCUT2D eigenvalue weighted by atomic mass is 10.00. The van der Waals surface area contributed by atoms with Crippen molar-refractivity contribution < 1.29 is 19.1 Å². The van der Waals surface area contributed by atoms with Gasteiger partial charge in [0.25, 0.3) is 0 Å². The molecule has 2 amide bonds. The van der Waals surface area contributed by atoms with Crippen molar-refractivity contribution in [3.8, 4) is 5.75 Å². The number of hydrogen-bond acceptors (Lipinski definition) is 5. The predicted molar refractivity (Wildman–Crippen MR) is 123 cm³/mol. The molecule has 0 saturated carbocycles. The predicted octanol–water partition coefficient (Wildman–Crippen LogP) is 3.53. The molecule has 1 aromatic carbocycles. The highest BCUT2D eigenvalue weighted by atomic mass is 32.1. The van der Waals surface area contributed by atoms with Gasteiger partial charge in [0, 0.05) is 25.1 Å². The summed E-state index contributed by atoms with van der Waals surface area (Å²) in [4.78, 5) is 30.2. The molecule has 0 fully saturated rings. The first-order valence-corrected chi connectivity index (χ1v) is 11.3. The van der Waals surface area contributed by atoms with Gasteiger partial charge in [-0.3, -0.25) is 9.59 Å². The van der Waals surface area contributed by atoms with E-state index in [-0.39, 0.29) is 31.0 Å². The molecule has 1 aromatic heterocycles. The van der Waals surface area contributed by atoms with Crippen LogP contribution < -0.4 is 4.74 Å². The van der Waals surface area contributed by atoms with Crippen LogP contribution in [0.1, 0.15) is 27.6 Å². The normalized spacial score (nSPS) is 15.3. The first kappa shape index (κ1) is 23.0. The van der Waals surface area contributed by atoms with E-state index >= 15 is 0 Å². The molecule has 3 rings (SSSR count). The van der Waals surface area contributed by atoms with E-state index in [2.05, 4.69) is 31.0 Å². The van der Waals surface area contributed by atoms with E-state index in [9.17, 15) is 9.59 Å². The lowest BCUT2D eigenvalue weighted by Crippen LogP contribution is -2.48. The Hall–Kier alpha value is -2.64. The third-order valence-electron chi connectivity index (χ3n) is 5.44. The van der Waals surface area contributed by atoms with Crippen LogP contribution in [0.3, 0.4) is 0 Å². The quantitative estimate of drug-likeness (QED) is 0.558. The maximum atomic E-state index is 13.3. The summed E-state index contributed by atoms with van der Waals surface area (Å²) >= 11 is 1.72. The van der Waals surface area contributed by atoms with Crippen LogP contribution in [0, 0.1) is 13.8 Å². The zero-order valence-corrected chi connectivity index (χ0v) is 19.2. The third kappa shape index (κ3) is 5.54. The van der Waals surface area contributed by atoms with E-state index in [1.165, 1.54) is 22.5 Å². The van der Waals surface area contributed by atoms with Gasteiger partial charge in [0.1, 0.15) is 25.5 Å². The second-order valence-electron chi connectivity index (χ2n) is 7.73. The van der Waals surface area contributed by atoms with Crippen molar-refractivity contribution in [3.05, 3.63) is 63.9 Å². The number of ether oxygens (including phenoxy) is 2. The van der Waals surface area contributed by atoms with Crippen molar-refractivity contribution >= 4 is 23.2 Å². The Bertz CT molecular complexity index is 939. The summed E-state index contributed by atoms with van der Waals surface area (Å²) < 4.78 is 11.1. The number of thiophene rings is 1. The molecular weight excluding hydrogens is 412 g/mol. The summed E-state index contributed by atoms with van der Waals surface area (Å²) in [7, 11) is 1.47. The van der Waals surface area contributed by atoms with Crippen LogP contribution in [0.25, 0.3) is 0 Å². The maximum Gasteiger partial charge on any atom is 0.249 e. The monoisotopic (exact) mass is 442 g/mol. The molecule has 2 heterocycles. The molecule has 1 aliphatic heterocycles. The molecule has 2 aromatic rings. The van der Waals surface area contributed by atoms with Crippen molar-refractivity contribution in [2.45, 2.75) is 26.3 Å². The van der Waals surface area contributed by atoms with E-state index in [0.29, 0.717) is 19.7 Å². The molecule has 166 valence electrons. The average molecular weight is 443 g/mol. The molecule has 0 saturated heterocycles. The number of carbonyl (C=O) groups excluding carboxylic acids is 2. The van der Waals surface area contributed by atoms with Crippen LogP contribution in [0.2, 0.25) is 0 Å². The minimum atomic E-state index is -0.230. The topological polar surface area (TPSA) is 59.1 Å². The van der Waals surface area contributed by atoms with Crippen molar-refractivity contribution in [3.63, 3.8) is 0 Å². The van der Waals surface area contributed by atoms with Gasteiger partial charge in [0.15, 0.2) is 0 Å². The fraction of sp³-hybridized carbons (Fsp3) is 0.417. The minimum absolute atomic E-state index is 0.00621. The second kappa shape index (κ2) is 10.6. The molecule has 0 N–H and O–H groups in total. The smallest absolute Gasteiger partial charge is 0.249 e. The third-order valence-corrected chi connectivity index (χ3v) is 6.43. The first-order chi connectivity index (χ1) is 14.9. The van der Waals surface area contributed by atoms with Gasteiger partial charge in [-0.15, -0.1) is 17.9 Å². The molecular formula is C24H30N2O4S. The highest BCUT2D eigenvalue weighted by Gasteiger charge is 2.33. The van der Waals surface area contributed by atoms with Gasteiger partial charge in [-0.05, 0) is 48.9 Å². The fourth-order valence-corrected chi connectivity index (χ4v) is 4.81. The summed E-state index contributed by atoms with van der Waals surface area (Å²) in [5.74, 6) is 0.494. The summed E-state index contributed by atoms with van der Waals surface area (Å²) in [6, 6.07) is 7.97. The van der Waals surface area contributed by atoms with E-state index in [0.717, 1.165) is 23.3 Å². The standard InChI is InChI=1S/C24H30N2O4S/c1-5-10-25(24(28)16-29-4)14-23(27)26-11-8-22-19(9-12-31-22)20(26)15-30-21-7-6-17(2)13-18(21)3/h5-7,9,12-13,20H,1,8,10-11,14-16H2,2-4H3. The lowest BCUT2D eigenvalue weighted by Gasteiger charge is -2.37. The van der Waals surface area contributed by atoms with Crippen molar-refractivity contribution in [1.82, 2.24) is 9.80 Å². The number of aryl methyl sites for hydroxylation is 2. The van der Waals surface area contributed by atoms with Gasteiger partial charge in [-0.25, -0.2) is 0 Å². The molecule has 0 spiro atoms. The molecule has 6 nitrogen and oxygen atoms in total. The number of rotatable bonds is 9. The fourth-order valence-electron chi connectivity index (χ4n) is 3.88. The van der Waals surface area contributed by atoms with Crippen molar-refractivity contribution in [2.75, 3.05) is 40.0 Å². The van der Waals surface area contributed by atoms with Gasteiger partial charge in [0.2, 0.25) is 11.8 Å². The Morgan fingerprint density at radius 2 is 2.13 bits per heavy atom. The zero-order valence-electron chi connectivity index (χ0n) is 18.4. The zero-order chi connectivity index (χ0) is 22.4. The number of methoxy groups -OCH3 is 1. The Morgan fingerprint density at radius 3 is 2.84 bits per heavy atom. The van der Waals surface area contributed by atoms with Crippen LogP contribution in [0.5, 0.6) is 5.75 Å². The highest BCUT2D eigenvalue weighted by Crippen LogP contribution is 2.34. The van der Waals surface area contributed by atoms with E-state index in [1.54, 1.807) is 17.4 Å². The largest absolute Gasteiger partial charge is 0.491 e. The molecule has 1 atom stereocenters. The summed E-state index contributed by atoms with van der Waals surface area (Å²) in [5.41, 5.74) is 3.39. The molecule has 0 bridgehead atoms. The van der Waals surface area contributed by atoms with Gasteiger partial charge >= 0.3 is 0 Å². The molecule has 0 aliphatic carbocycles. The second-order valence-corrected chi connectivity index (χ2v) is 8.73. The molecule has 0 radical (unpaired) electrons. The van der Waals surface area contributed by atoms with Crippen molar-refractivity contribution in [1.29, 1.82) is 0 Å². The number of carbonyl (C=O) groups is 2. The van der Waals surface area contributed by atoms with Gasteiger partial charge < -0.3 is 19.3 Å². The van der Waals surface area contributed by atoms with E-state index in [1.807, 2.05) is 24.0 Å². The number of hydrogen-bond donors (Lipinski definition) is 0. The number of nitrogens with zero attached hydrogens (tertiary/aromatic N) is 2. The van der Waals surface area contributed by atoms with Crippen LogP contribution in [-0.2, 0) is 20.7 Å². The summed E-state index contributed by atoms with van der Waals surface area (Å²) in [6.07, 6.45) is 2.43. The Morgan fingerprint density at radius 1 is 1.32 bits per heavy atom. The molecule has 7 heteroatoms. The first-order valence-electron chi connectivity index (χ1n) is 10.4. The number of fused-ring (bicyclic) bond motifs is 1. The molecule has 1 aliphatic rings. The SMILES string of the molecule is C=CCN(CC(=O)N1CCc2sccc2C1COc1ccc(C)cc1C)C(=O)COC. The Kier molecular flexibility index (Phi) is 7.87. The summed E-state index contributed by atoms with van der Waals surface area (Å²) in [5, 5.41) is 2.06. The van der Waals surface area contributed by atoms with E-state index in [4.69, 9.17) is 9.47 Å². The molecule has 31 heavy (non-hydrogen) atoms. The van der Waals surface area contributed by atoms with Crippen molar-refractivity contribution in [2.24, 2.45) is 0 Å². The lowest BCUT2D eigenvalue weighted by molar-refractivity contribution is -0.144. The maximum absolute atomic E-state index is 13.3. The van der Waals surface area contributed by atoms with Gasteiger partial charge in [-0.2, -0.15) is 0 Å². The van der Waals surface area contributed by atoms with Crippen LogP contribution >= 0.6 is 11.3 Å². The van der Waals surface area contributed by atoms with Gasteiger partial charge in [-0.1, -0.05) is 23.8 Å². The van der Waals surface area contributed by atoms with Crippen LogP contribution in [0.4, 0.5) is 0 Å².